The number of piperidine rings is 1. The number of hydrogen-bond acceptors (Lipinski definition) is 6. The van der Waals surface area contributed by atoms with Crippen LogP contribution in [0.15, 0.2) is 30.5 Å². The van der Waals surface area contributed by atoms with Crippen LogP contribution in [0.3, 0.4) is 0 Å². The Morgan fingerprint density at radius 3 is 2.82 bits per heavy atom. The molecular formula is C27H38N2O4S. The molecule has 2 aromatic rings. The van der Waals surface area contributed by atoms with Gasteiger partial charge in [0.1, 0.15) is 5.75 Å². The van der Waals surface area contributed by atoms with E-state index in [0.717, 1.165) is 65.7 Å². The number of carbonyl (C=O) groups is 1. The number of aliphatic hydroxyl groups excluding tert-OH is 1. The van der Waals surface area contributed by atoms with Crippen LogP contribution < -0.4 is 4.74 Å². The van der Waals surface area contributed by atoms with Crippen molar-refractivity contribution in [3.63, 3.8) is 0 Å². The number of carboxylic acids is 1. The van der Waals surface area contributed by atoms with Crippen LogP contribution in [0.1, 0.15) is 63.0 Å². The Balaban J connectivity index is 1.34. The lowest BCUT2D eigenvalue weighted by atomic mass is 9.79. The topological polar surface area (TPSA) is 82.9 Å². The van der Waals surface area contributed by atoms with Gasteiger partial charge >= 0.3 is 5.97 Å². The van der Waals surface area contributed by atoms with E-state index in [9.17, 15) is 15.0 Å². The monoisotopic (exact) mass is 486 g/mol. The van der Waals surface area contributed by atoms with E-state index in [4.69, 9.17) is 4.74 Å². The summed E-state index contributed by atoms with van der Waals surface area (Å²) < 4.78 is 5.36. The average Bonchev–Trinajstić information content (AvgIpc) is 3.36. The molecule has 7 heteroatoms. The molecule has 1 aromatic heterocycles. The molecule has 3 atom stereocenters. The number of rotatable bonds is 11. The fourth-order valence-corrected chi connectivity index (χ4v) is 7.05. The number of aliphatic carboxylic acids is 1. The molecule has 6 nitrogen and oxygen atoms in total. The molecule has 2 heterocycles. The van der Waals surface area contributed by atoms with E-state index in [1.807, 2.05) is 24.3 Å². The van der Waals surface area contributed by atoms with Gasteiger partial charge < -0.3 is 19.8 Å². The van der Waals surface area contributed by atoms with Gasteiger partial charge in [-0.25, -0.2) is 0 Å². The fraction of sp³-hybridized carbons (Fsp3) is 0.630. The zero-order chi connectivity index (χ0) is 23.9. The highest BCUT2D eigenvalue weighted by atomic mass is 32.2. The zero-order valence-electron chi connectivity index (χ0n) is 20.2. The number of aliphatic hydroxyl groups is 1. The summed E-state index contributed by atoms with van der Waals surface area (Å²) >= 11 is 2.10. The quantitative estimate of drug-likeness (QED) is 0.455. The highest BCUT2D eigenvalue weighted by Gasteiger charge is 2.31. The fourth-order valence-electron chi connectivity index (χ4n) is 5.69. The van der Waals surface area contributed by atoms with Crippen LogP contribution in [0.4, 0.5) is 0 Å². The molecule has 34 heavy (non-hydrogen) atoms. The highest BCUT2D eigenvalue weighted by Crippen LogP contribution is 2.35. The molecule has 0 spiro atoms. The third-order valence-electron chi connectivity index (χ3n) is 7.63. The second kappa shape index (κ2) is 12.2. The largest absolute Gasteiger partial charge is 0.497 e. The first-order valence-corrected chi connectivity index (χ1v) is 13.7. The van der Waals surface area contributed by atoms with Gasteiger partial charge in [-0.15, -0.1) is 0 Å². The number of benzene rings is 1. The van der Waals surface area contributed by atoms with E-state index in [2.05, 4.69) is 21.6 Å². The van der Waals surface area contributed by atoms with Gasteiger partial charge in [-0.2, -0.15) is 11.8 Å². The number of ether oxygens (including phenoxy) is 1. The lowest BCUT2D eigenvalue weighted by Crippen LogP contribution is -2.42. The third-order valence-corrected chi connectivity index (χ3v) is 8.99. The number of nitrogens with zero attached hydrogens (tertiary/aromatic N) is 2. The van der Waals surface area contributed by atoms with Crippen molar-refractivity contribution in [3.8, 4) is 5.75 Å². The SMILES string of the molecule is COc1ccc2nccc(C(O)CCC3CCN(CCSC4CCCC4)CC3CC(=O)O)c2c1. The molecule has 0 radical (unpaired) electrons. The minimum absolute atomic E-state index is 0.143. The smallest absolute Gasteiger partial charge is 0.303 e. The standard InChI is InChI=1S/C27H38N2O4S/c1-33-21-7-8-25-24(17-21)23(10-12-28-25)26(30)9-6-19-11-13-29(18-20(19)16-27(31)32)14-15-34-22-4-2-3-5-22/h7-8,10,12,17,19-20,22,26,30H,2-6,9,11,13-16,18H2,1H3,(H,31,32). The van der Waals surface area contributed by atoms with Gasteiger partial charge in [0.25, 0.3) is 0 Å². The molecule has 4 rings (SSSR count). The molecule has 0 amide bonds. The van der Waals surface area contributed by atoms with Gasteiger partial charge in [-0.1, -0.05) is 12.8 Å². The van der Waals surface area contributed by atoms with Crippen molar-refractivity contribution < 1.29 is 19.7 Å². The Labute approximate surface area is 207 Å². The number of hydrogen-bond donors (Lipinski definition) is 2. The molecule has 0 bridgehead atoms. The molecule has 2 aliphatic rings. The Kier molecular flexibility index (Phi) is 9.09. The summed E-state index contributed by atoms with van der Waals surface area (Å²) in [6, 6.07) is 7.60. The number of aromatic nitrogens is 1. The Bertz CT molecular complexity index is 949. The molecule has 2 N–H and O–H groups in total. The minimum Gasteiger partial charge on any atom is -0.497 e. The van der Waals surface area contributed by atoms with Crippen molar-refractivity contribution in [2.24, 2.45) is 11.8 Å². The van der Waals surface area contributed by atoms with Gasteiger partial charge in [0.15, 0.2) is 0 Å². The van der Waals surface area contributed by atoms with Gasteiger partial charge in [0.2, 0.25) is 0 Å². The van der Waals surface area contributed by atoms with E-state index in [1.165, 1.54) is 25.7 Å². The summed E-state index contributed by atoms with van der Waals surface area (Å²) in [7, 11) is 1.63. The Hall–Kier alpha value is -1.83. The lowest BCUT2D eigenvalue weighted by molar-refractivity contribution is -0.139. The zero-order valence-corrected chi connectivity index (χ0v) is 21.0. The predicted octanol–water partition coefficient (Wildman–Crippen LogP) is 5.15. The van der Waals surface area contributed by atoms with Crippen LogP contribution in [-0.4, -0.2) is 63.8 Å². The summed E-state index contributed by atoms with van der Waals surface area (Å²) in [6.07, 6.45) is 9.26. The van der Waals surface area contributed by atoms with Crippen molar-refractivity contribution >= 4 is 28.6 Å². The van der Waals surface area contributed by atoms with E-state index < -0.39 is 12.1 Å². The first-order chi connectivity index (χ1) is 16.5. The number of thioether (sulfide) groups is 1. The van der Waals surface area contributed by atoms with Gasteiger partial charge in [0, 0.05) is 42.1 Å². The van der Waals surface area contributed by atoms with E-state index in [0.29, 0.717) is 12.3 Å². The van der Waals surface area contributed by atoms with Crippen LogP contribution in [0.5, 0.6) is 5.75 Å². The van der Waals surface area contributed by atoms with Crippen LogP contribution in [0.2, 0.25) is 0 Å². The van der Waals surface area contributed by atoms with Crippen molar-refractivity contribution in [2.45, 2.75) is 62.7 Å². The van der Waals surface area contributed by atoms with Gasteiger partial charge in [-0.05, 0) is 80.3 Å². The van der Waals surface area contributed by atoms with Crippen molar-refractivity contribution in [3.05, 3.63) is 36.0 Å². The minimum atomic E-state index is -0.718. The summed E-state index contributed by atoms with van der Waals surface area (Å²) in [4.78, 5) is 18.5. The molecule has 2 fully saturated rings. The Morgan fingerprint density at radius 1 is 1.24 bits per heavy atom. The first kappa shape index (κ1) is 25.3. The number of methoxy groups -OCH3 is 1. The summed E-state index contributed by atoms with van der Waals surface area (Å²) in [5.74, 6) is 1.64. The molecule has 1 aliphatic heterocycles. The maximum absolute atomic E-state index is 11.6. The second-order valence-electron chi connectivity index (χ2n) is 9.86. The molecule has 1 saturated carbocycles. The third kappa shape index (κ3) is 6.64. The molecular weight excluding hydrogens is 448 g/mol. The lowest BCUT2D eigenvalue weighted by Gasteiger charge is -2.38. The van der Waals surface area contributed by atoms with E-state index >= 15 is 0 Å². The van der Waals surface area contributed by atoms with Gasteiger partial charge in [0.05, 0.1) is 18.7 Å². The molecule has 1 aliphatic carbocycles. The van der Waals surface area contributed by atoms with Crippen LogP contribution in [0, 0.1) is 11.8 Å². The van der Waals surface area contributed by atoms with Gasteiger partial charge in [-0.3, -0.25) is 9.78 Å². The second-order valence-corrected chi connectivity index (χ2v) is 11.3. The normalized spacial score (nSPS) is 22.8. The average molecular weight is 487 g/mol. The van der Waals surface area contributed by atoms with Crippen molar-refractivity contribution in [1.82, 2.24) is 9.88 Å². The molecule has 3 unspecified atom stereocenters. The molecule has 1 saturated heterocycles. The van der Waals surface area contributed by atoms with E-state index in [1.54, 1.807) is 13.3 Å². The van der Waals surface area contributed by atoms with Crippen LogP contribution in [-0.2, 0) is 4.79 Å². The summed E-state index contributed by atoms with van der Waals surface area (Å²) in [5, 5.41) is 22.3. The van der Waals surface area contributed by atoms with Crippen LogP contribution in [0.25, 0.3) is 10.9 Å². The summed E-state index contributed by atoms with van der Waals surface area (Å²) in [6.45, 7) is 2.93. The highest BCUT2D eigenvalue weighted by molar-refractivity contribution is 7.99. The van der Waals surface area contributed by atoms with Crippen LogP contribution >= 0.6 is 11.8 Å². The number of pyridine rings is 1. The number of fused-ring (bicyclic) bond motifs is 1. The molecule has 186 valence electrons. The first-order valence-electron chi connectivity index (χ1n) is 12.7. The van der Waals surface area contributed by atoms with Crippen molar-refractivity contribution in [1.29, 1.82) is 0 Å². The number of carboxylic acid groups (broad SMARTS) is 1. The summed E-state index contributed by atoms with van der Waals surface area (Å²) in [5.41, 5.74) is 1.70. The van der Waals surface area contributed by atoms with E-state index in [-0.39, 0.29) is 12.3 Å². The van der Waals surface area contributed by atoms with Crippen molar-refractivity contribution in [2.75, 3.05) is 32.5 Å². The maximum atomic E-state index is 11.6. The maximum Gasteiger partial charge on any atom is 0.303 e. The molecule has 1 aromatic carbocycles. The number of likely N-dealkylation sites (tertiary alicyclic amines) is 1. The Morgan fingerprint density at radius 2 is 2.06 bits per heavy atom. The predicted molar refractivity (Wildman–Crippen MR) is 137 cm³/mol.